The highest BCUT2D eigenvalue weighted by atomic mass is 16.5. The van der Waals surface area contributed by atoms with Crippen molar-refractivity contribution in [1.29, 1.82) is 0 Å². The molecule has 0 aromatic carbocycles. The first-order valence-electron chi connectivity index (χ1n) is 9.88. The molecular formula is C21H22N6O2. The second kappa shape index (κ2) is 7.63. The fourth-order valence-electron chi connectivity index (χ4n) is 3.59. The maximum Gasteiger partial charge on any atom is 0.225 e. The van der Waals surface area contributed by atoms with Crippen molar-refractivity contribution in [1.82, 2.24) is 29.9 Å². The van der Waals surface area contributed by atoms with Gasteiger partial charge in [0.25, 0.3) is 0 Å². The van der Waals surface area contributed by atoms with Crippen LogP contribution >= 0.6 is 0 Å². The van der Waals surface area contributed by atoms with Gasteiger partial charge in [-0.25, -0.2) is 4.98 Å². The molecule has 0 unspecified atom stereocenters. The Bertz CT molecular complexity index is 1130. The summed E-state index contributed by atoms with van der Waals surface area (Å²) in [4.78, 5) is 9.01. The van der Waals surface area contributed by atoms with Gasteiger partial charge in [0.15, 0.2) is 0 Å². The SMILES string of the molecule is CCn1cc(-c2cc(-c3n[nH]c4ccnc(OC5CCOCC5)c34)ccn2)cn1. The van der Waals surface area contributed by atoms with Crippen LogP contribution in [-0.4, -0.2) is 49.3 Å². The molecule has 1 saturated heterocycles. The van der Waals surface area contributed by atoms with E-state index in [2.05, 4.69) is 32.2 Å². The Morgan fingerprint density at radius 1 is 1.17 bits per heavy atom. The monoisotopic (exact) mass is 390 g/mol. The van der Waals surface area contributed by atoms with Crippen LogP contribution in [-0.2, 0) is 11.3 Å². The quantitative estimate of drug-likeness (QED) is 0.561. The van der Waals surface area contributed by atoms with Crippen molar-refractivity contribution in [3.63, 3.8) is 0 Å². The zero-order chi connectivity index (χ0) is 19.6. The van der Waals surface area contributed by atoms with Gasteiger partial charge in [-0.3, -0.25) is 14.8 Å². The third-order valence-electron chi connectivity index (χ3n) is 5.17. The van der Waals surface area contributed by atoms with Gasteiger partial charge in [0.05, 0.1) is 36.0 Å². The Labute approximate surface area is 167 Å². The molecule has 0 aliphatic carbocycles. The van der Waals surface area contributed by atoms with Gasteiger partial charge < -0.3 is 9.47 Å². The molecular weight excluding hydrogens is 368 g/mol. The van der Waals surface area contributed by atoms with Gasteiger partial charge in [-0.15, -0.1) is 0 Å². The molecule has 0 amide bonds. The van der Waals surface area contributed by atoms with Crippen molar-refractivity contribution in [2.24, 2.45) is 0 Å². The van der Waals surface area contributed by atoms with Crippen LogP contribution in [0.3, 0.4) is 0 Å². The van der Waals surface area contributed by atoms with Gasteiger partial charge in [-0.05, 0) is 25.1 Å². The first kappa shape index (κ1) is 17.8. The highest BCUT2D eigenvalue weighted by Crippen LogP contribution is 2.34. The number of hydrogen-bond acceptors (Lipinski definition) is 6. The maximum atomic E-state index is 6.24. The average Bonchev–Trinajstić information content (AvgIpc) is 3.42. The molecule has 0 bridgehead atoms. The number of nitrogens with one attached hydrogen (secondary N) is 1. The third kappa shape index (κ3) is 3.47. The summed E-state index contributed by atoms with van der Waals surface area (Å²) in [6.07, 6.45) is 9.21. The molecule has 29 heavy (non-hydrogen) atoms. The molecule has 4 aromatic heterocycles. The number of aryl methyl sites for hydroxylation is 1. The van der Waals surface area contributed by atoms with Crippen LogP contribution in [0, 0.1) is 0 Å². The second-order valence-corrected chi connectivity index (χ2v) is 7.05. The average molecular weight is 390 g/mol. The number of aromatic nitrogens is 6. The van der Waals surface area contributed by atoms with E-state index < -0.39 is 0 Å². The van der Waals surface area contributed by atoms with E-state index in [1.54, 1.807) is 12.4 Å². The van der Waals surface area contributed by atoms with Crippen molar-refractivity contribution in [3.8, 4) is 28.4 Å². The van der Waals surface area contributed by atoms with Crippen LogP contribution in [0.5, 0.6) is 5.88 Å². The Balaban J connectivity index is 1.54. The fourth-order valence-corrected chi connectivity index (χ4v) is 3.59. The zero-order valence-electron chi connectivity index (χ0n) is 16.2. The summed E-state index contributed by atoms with van der Waals surface area (Å²) >= 11 is 0. The highest BCUT2D eigenvalue weighted by molar-refractivity contribution is 5.96. The lowest BCUT2D eigenvalue weighted by atomic mass is 10.1. The topological polar surface area (TPSA) is 90.7 Å². The lowest BCUT2D eigenvalue weighted by Gasteiger charge is -2.23. The van der Waals surface area contributed by atoms with Crippen LogP contribution in [0.15, 0.2) is 43.0 Å². The molecule has 0 spiro atoms. The van der Waals surface area contributed by atoms with E-state index in [9.17, 15) is 0 Å². The lowest BCUT2D eigenvalue weighted by molar-refractivity contribution is 0.0244. The molecule has 0 saturated carbocycles. The minimum absolute atomic E-state index is 0.109. The lowest BCUT2D eigenvalue weighted by Crippen LogP contribution is -2.26. The third-order valence-corrected chi connectivity index (χ3v) is 5.17. The summed E-state index contributed by atoms with van der Waals surface area (Å²) in [7, 11) is 0. The molecule has 4 aromatic rings. The van der Waals surface area contributed by atoms with Crippen LogP contribution in [0.1, 0.15) is 19.8 Å². The Hall–Kier alpha value is -3.26. The summed E-state index contributed by atoms with van der Waals surface area (Å²) in [5.74, 6) is 0.607. The van der Waals surface area contributed by atoms with Crippen molar-refractivity contribution in [2.75, 3.05) is 13.2 Å². The predicted octanol–water partition coefficient (Wildman–Crippen LogP) is 3.46. The van der Waals surface area contributed by atoms with Crippen molar-refractivity contribution in [3.05, 3.63) is 43.0 Å². The minimum atomic E-state index is 0.109. The van der Waals surface area contributed by atoms with Gasteiger partial charge in [0.1, 0.15) is 11.8 Å². The number of ether oxygens (including phenoxy) is 2. The minimum Gasteiger partial charge on any atom is -0.474 e. The number of H-pyrrole nitrogens is 1. The molecule has 8 heteroatoms. The number of rotatable bonds is 5. The van der Waals surface area contributed by atoms with Gasteiger partial charge >= 0.3 is 0 Å². The number of nitrogens with zero attached hydrogens (tertiary/aromatic N) is 5. The highest BCUT2D eigenvalue weighted by Gasteiger charge is 2.20. The van der Waals surface area contributed by atoms with Gasteiger partial charge in [-0.2, -0.15) is 10.2 Å². The standard InChI is InChI=1S/C21H22N6O2/c1-2-27-13-15(12-24-27)18-11-14(3-7-22-18)20-19-17(25-26-20)4-8-23-21(19)29-16-5-9-28-10-6-16/h3-4,7-8,11-13,16H,2,5-6,9-10H2,1H3,(H,25,26). The van der Waals surface area contributed by atoms with Crippen molar-refractivity contribution < 1.29 is 9.47 Å². The van der Waals surface area contributed by atoms with E-state index >= 15 is 0 Å². The molecule has 1 fully saturated rings. The maximum absolute atomic E-state index is 6.24. The predicted molar refractivity (Wildman–Crippen MR) is 108 cm³/mol. The molecule has 5 rings (SSSR count). The molecule has 1 N–H and O–H groups in total. The molecule has 0 atom stereocenters. The molecule has 1 aliphatic heterocycles. The van der Waals surface area contributed by atoms with E-state index in [1.165, 1.54) is 0 Å². The zero-order valence-corrected chi connectivity index (χ0v) is 16.2. The van der Waals surface area contributed by atoms with E-state index in [0.29, 0.717) is 5.88 Å². The fraction of sp³-hybridized carbons (Fsp3) is 0.333. The molecule has 1 aliphatic rings. The number of hydrogen-bond donors (Lipinski definition) is 1. The Morgan fingerprint density at radius 2 is 2.03 bits per heavy atom. The molecule has 8 nitrogen and oxygen atoms in total. The molecule has 148 valence electrons. The molecule has 5 heterocycles. The summed E-state index contributed by atoms with van der Waals surface area (Å²) in [5, 5.41) is 12.9. The van der Waals surface area contributed by atoms with E-state index in [4.69, 9.17) is 9.47 Å². The second-order valence-electron chi connectivity index (χ2n) is 7.05. The van der Waals surface area contributed by atoms with Crippen LogP contribution in [0.25, 0.3) is 33.4 Å². The summed E-state index contributed by atoms with van der Waals surface area (Å²) in [5.41, 5.74) is 4.49. The number of aromatic amines is 1. The summed E-state index contributed by atoms with van der Waals surface area (Å²) in [6, 6.07) is 5.89. The Morgan fingerprint density at radius 3 is 2.86 bits per heavy atom. The smallest absolute Gasteiger partial charge is 0.225 e. The van der Waals surface area contributed by atoms with Gasteiger partial charge in [-0.1, -0.05) is 0 Å². The molecule has 0 radical (unpaired) electrons. The Kier molecular flexibility index (Phi) is 4.69. The summed E-state index contributed by atoms with van der Waals surface area (Å²) in [6.45, 7) is 4.32. The van der Waals surface area contributed by atoms with Crippen molar-refractivity contribution >= 4 is 10.9 Å². The number of fused-ring (bicyclic) bond motifs is 1. The van der Waals surface area contributed by atoms with Crippen LogP contribution in [0.2, 0.25) is 0 Å². The summed E-state index contributed by atoms with van der Waals surface area (Å²) < 4.78 is 13.6. The van der Waals surface area contributed by atoms with Crippen molar-refractivity contribution in [2.45, 2.75) is 32.4 Å². The van der Waals surface area contributed by atoms with Gasteiger partial charge in [0, 0.05) is 49.1 Å². The van der Waals surface area contributed by atoms with E-state index in [1.807, 2.05) is 35.3 Å². The van der Waals surface area contributed by atoms with Crippen LogP contribution in [0.4, 0.5) is 0 Å². The number of pyridine rings is 2. The van der Waals surface area contributed by atoms with E-state index in [0.717, 1.165) is 66.0 Å². The van der Waals surface area contributed by atoms with E-state index in [-0.39, 0.29) is 6.10 Å². The largest absolute Gasteiger partial charge is 0.474 e. The normalized spacial score (nSPS) is 15.1. The first-order chi connectivity index (χ1) is 14.3. The first-order valence-corrected chi connectivity index (χ1v) is 9.88. The van der Waals surface area contributed by atoms with Crippen LogP contribution < -0.4 is 4.74 Å². The van der Waals surface area contributed by atoms with Gasteiger partial charge in [0.2, 0.25) is 5.88 Å².